The number of guanidine groups is 1. The van der Waals surface area contributed by atoms with Gasteiger partial charge >= 0.3 is 0 Å². The molecule has 1 saturated heterocycles. The summed E-state index contributed by atoms with van der Waals surface area (Å²) in [7, 11) is 1.76. The van der Waals surface area contributed by atoms with Gasteiger partial charge in [0, 0.05) is 31.6 Å². The van der Waals surface area contributed by atoms with E-state index in [4.69, 9.17) is 4.42 Å². The first kappa shape index (κ1) is 19.4. The van der Waals surface area contributed by atoms with Gasteiger partial charge in [0.15, 0.2) is 11.7 Å². The minimum Gasteiger partial charge on any atom is -0.459 e. The topological polar surface area (TPSA) is 81.9 Å². The Morgan fingerprint density at radius 3 is 2.70 bits per heavy atom. The van der Waals surface area contributed by atoms with Crippen LogP contribution in [0, 0.1) is 0 Å². The average molecular weight is 390 g/mol. The van der Waals surface area contributed by atoms with Crippen molar-refractivity contribution in [1.82, 2.24) is 20.9 Å². The first-order valence-electron chi connectivity index (χ1n) is 9.31. The average Bonchev–Trinajstić information content (AvgIpc) is 3.45. The number of nitrogens with zero attached hydrogens (tertiary/aromatic N) is 2. The van der Waals surface area contributed by atoms with E-state index in [0.29, 0.717) is 24.9 Å². The molecule has 8 heteroatoms. The van der Waals surface area contributed by atoms with Crippen molar-refractivity contribution in [3.05, 3.63) is 46.5 Å². The molecular weight excluding hydrogens is 362 g/mol. The van der Waals surface area contributed by atoms with Crippen molar-refractivity contribution in [1.29, 1.82) is 0 Å². The molecule has 3 N–H and O–H groups in total. The first-order chi connectivity index (χ1) is 13.3. The van der Waals surface area contributed by atoms with E-state index in [1.807, 2.05) is 0 Å². The number of nitrogens with one attached hydrogen (secondary N) is 3. The van der Waals surface area contributed by atoms with Gasteiger partial charge in [-0.2, -0.15) is 0 Å². The molecule has 1 aliphatic rings. The van der Waals surface area contributed by atoms with Crippen molar-refractivity contribution < 1.29 is 9.21 Å². The summed E-state index contributed by atoms with van der Waals surface area (Å²) in [6.45, 7) is 4.17. The van der Waals surface area contributed by atoms with Crippen molar-refractivity contribution in [2.75, 3.05) is 39.8 Å². The number of aliphatic imine (C=N–C) groups is 1. The molecule has 146 valence electrons. The zero-order chi connectivity index (χ0) is 18.9. The van der Waals surface area contributed by atoms with Gasteiger partial charge in [0.05, 0.1) is 12.3 Å². The van der Waals surface area contributed by atoms with Crippen LogP contribution < -0.4 is 16.0 Å². The predicted molar refractivity (Wildman–Crippen MR) is 108 cm³/mol. The Hall–Kier alpha value is -2.32. The number of furan rings is 1. The molecule has 0 bridgehead atoms. The summed E-state index contributed by atoms with van der Waals surface area (Å²) in [5.74, 6) is 0.849. The number of carbonyl (C=O) groups excluding carboxylic acids is 1. The van der Waals surface area contributed by atoms with Gasteiger partial charge < -0.3 is 20.4 Å². The SMILES string of the molecule is CN=C(NCCNC(=O)c1ccco1)NCC(c1cccs1)N1CCCC1. The van der Waals surface area contributed by atoms with Crippen LogP contribution in [0.5, 0.6) is 0 Å². The fourth-order valence-corrected chi connectivity index (χ4v) is 4.07. The fraction of sp³-hybridized carbons (Fsp3) is 0.474. The van der Waals surface area contributed by atoms with E-state index in [1.54, 1.807) is 30.5 Å². The molecule has 0 saturated carbocycles. The Morgan fingerprint density at radius 2 is 2.04 bits per heavy atom. The molecule has 0 radical (unpaired) electrons. The largest absolute Gasteiger partial charge is 0.459 e. The Bertz CT molecular complexity index is 709. The number of rotatable bonds is 8. The first-order valence-corrected chi connectivity index (χ1v) is 10.2. The lowest BCUT2D eigenvalue weighted by molar-refractivity contribution is 0.0926. The minimum absolute atomic E-state index is 0.212. The normalized spacial score (nSPS) is 16.3. The Labute approximate surface area is 163 Å². The number of hydrogen-bond donors (Lipinski definition) is 3. The minimum atomic E-state index is -0.212. The summed E-state index contributed by atoms with van der Waals surface area (Å²) in [6.07, 6.45) is 4.03. The maximum Gasteiger partial charge on any atom is 0.287 e. The third-order valence-electron chi connectivity index (χ3n) is 4.59. The third-order valence-corrected chi connectivity index (χ3v) is 5.56. The number of likely N-dealkylation sites (tertiary alicyclic amines) is 1. The van der Waals surface area contributed by atoms with Crippen LogP contribution in [0.1, 0.15) is 34.3 Å². The van der Waals surface area contributed by atoms with Gasteiger partial charge in [-0.25, -0.2) is 0 Å². The molecule has 1 amide bonds. The van der Waals surface area contributed by atoms with Crippen molar-refractivity contribution in [3.8, 4) is 0 Å². The molecule has 2 aromatic rings. The molecule has 1 atom stereocenters. The molecular formula is C19H27N5O2S. The highest BCUT2D eigenvalue weighted by Gasteiger charge is 2.24. The summed E-state index contributed by atoms with van der Waals surface area (Å²) < 4.78 is 5.07. The number of amides is 1. The maximum atomic E-state index is 11.8. The smallest absolute Gasteiger partial charge is 0.287 e. The zero-order valence-electron chi connectivity index (χ0n) is 15.6. The van der Waals surface area contributed by atoms with E-state index >= 15 is 0 Å². The van der Waals surface area contributed by atoms with Crippen LogP contribution in [0.3, 0.4) is 0 Å². The van der Waals surface area contributed by atoms with E-state index < -0.39 is 0 Å². The quantitative estimate of drug-likeness (QED) is 0.366. The lowest BCUT2D eigenvalue weighted by Gasteiger charge is -2.27. The third kappa shape index (κ3) is 5.58. The number of thiophene rings is 1. The second-order valence-corrected chi connectivity index (χ2v) is 7.37. The molecule has 7 nitrogen and oxygen atoms in total. The standard InChI is InChI=1S/C19H27N5O2S/c1-20-19(22-9-8-21-18(25)16-6-4-12-26-16)23-14-15(17-7-5-13-27-17)24-10-2-3-11-24/h4-7,12-13,15H,2-3,8-11,14H2,1H3,(H,21,25)(H2,20,22,23). The highest BCUT2D eigenvalue weighted by atomic mass is 32.1. The van der Waals surface area contributed by atoms with Crippen LogP contribution in [-0.2, 0) is 0 Å². The molecule has 1 aliphatic heterocycles. The van der Waals surface area contributed by atoms with E-state index in [0.717, 1.165) is 25.6 Å². The van der Waals surface area contributed by atoms with Crippen LogP contribution in [-0.4, -0.2) is 56.5 Å². The van der Waals surface area contributed by atoms with Gasteiger partial charge in [0.25, 0.3) is 5.91 Å². The Kier molecular flexibility index (Phi) is 7.29. The van der Waals surface area contributed by atoms with Gasteiger partial charge in [-0.3, -0.25) is 14.7 Å². The molecule has 27 heavy (non-hydrogen) atoms. The fourth-order valence-electron chi connectivity index (χ4n) is 3.21. The Morgan fingerprint density at radius 1 is 1.22 bits per heavy atom. The van der Waals surface area contributed by atoms with Gasteiger partial charge in [-0.05, 0) is 49.5 Å². The van der Waals surface area contributed by atoms with Gasteiger partial charge in [0.1, 0.15) is 0 Å². The molecule has 3 heterocycles. The monoisotopic (exact) mass is 389 g/mol. The Balaban J connectivity index is 1.43. The lowest BCUT2D eigenvalue weighted by atomic mass is 10.2. The van der Waals surface area contributed by atoms with Gasteiger partial charge in [-0.1, -0.05) is 6.07 Å². The van der Waals surface area contributed by atoms with Crippen molar-refractivity contribution in [3.63, 3.8) is 0 Å². The summed E-state index contributed by atoms with van der Waals surface area (Å²) in [5.41, 5.74) is 0. The van der Waals surface area contributed by atoms with Crippen LogP contribution in [0.25, 0.3) is 0 Å². The van der Waals surface area contributed by atoms with Crippen LogP contribution in [0.4, 0.5) is 0 Å². The zero-order valence-corrected chi connectivity index (χ0v) is 16.4. The molecule has 2 aromatic heterocycles. The van der Waals surface area contributed by atoms with Crippen LogP contribution in [0.15, 0.2) is 45.3 Å². The van der Waals surface area contributed by atoms with E-state index in [2.05, 4.69) is 43.4 Å². The highest BCUT2D eigenvalue weighted by Crippen LogP contribution is 2.27. The summed E-state index contributed by atoms with van der Waals surface area (Å²) in [5, 5.41) is 11.6. The summed E-state index contributed by atoms with van der Waals surface area (Å²) >= 11 is 1.80. The van der Waals surface area contributed by atoms with E-state index in [-0.39, 0.29) is 5.91 Å². The molecule has 3 rings (SSSR count). The number of carbonyl (C=O) groups is 1. The second-order valence-electron chi connectivity index (χ2n) is 6.39. The molecule has 0 spiro atoms. The highest BCUT2D eigenvalue weighted by molar-refractivity contribution is 7.10. The van der Waals surface area contributed by atoms with E-state index in [9.17, 15) is 4.79 Å². The molecule has 1 fully saturated rings. The molecule has 1 unspecified atom stereocenters. The lowest BCUT2D eigenvalue weighted by Crippen LogP contribution is -2.44. The maximum absolute atomic E-state index is 11.8. The van der Waals surface area contributed by atoms with Crippen molar-refractivity contribution >= 4 is 23.2 Å². The van der Waals surface area contributed by atoms with Gasteiger partial charge in [0.2, 0.25) is 0 Å². The summed E-state index contributed by atoms with van der Waals surface area (Å²) in [4.78, 5) is 20.0. The summed E-state index contributed by atoms with van der Waals surface area (Å²) in [6, 6.07) is 8.02. The van der Waals surface area contributed by atoms with Crippen molar-refractivity contribution in [2.45, 2.75) is 18.9 Å². The van der Waals surface area contributed by atoms with E-state index in [1.165, 1.54) is 24.0 Å². The van der Waals surface area contributed by atoms with Crippen LogP contribution >= 0.6 is 11.3 Å². The molecule has 0 aliphatic carbocycles. The predicted octanol–water partition coefficient (Wildman–Crippen LogP) is 2.07. The van der Waals surface area contributed by atoms with Crippen LogP contribution in [0.2, 0.25) is 0 Å². The molecule has 0 aromatic carbocycles. The number of hydrogen-bond acceptors (Lipinski definition) is 5. The van der Waals surface area contributed by atoms with Crippen molar-refractivity contribution in [2.24, 2.45) is 4.99 Å². The van der Waals surface area contributed by atoms with Gasteiger partial charge in [-0.15, -0.1) is 11.3 Å². The second kappa shape index (κ2) is 10.1.